The lowest BCUT2D eigenvalue weighted by Crippen LogP contribution is -2.47. The predicted octanol–water partition coefficient (Wildman–Crippen LogP) is 5.71. The highest BCUT2D eigenvalue weighted by Gasteiger charge is 2.42. The van der Waals surface area contributed by atoms with Crippen LogP contribution < -0.4 is 14.8 Å². The molecule has 2 saturated heterocycles. The largest absolute Gasteiger partial charge is 0.457 e. The number of rotatable bonds is 9. The van der Waals surface area contributed by atoms with Gasteiger partial charge < -0.3 is 10.1 Å². The van der Waals surface area contributed by atoms with E-state index in [-0.39, 0.29) is 24.2 Å². The topological polar surface area (TPSA) is 87.7 Å². The maximum atomic E-state index is 12.9. The van der Waals surface area contributed by atoms with Crippen LogP contribution in [0.1, 0.15) is 63.4 Å². The van der Waals surface area contributed by atoms with Crippen molar-refractivity contribution in [3.8, 4) is 11.5 Å². The molecule has 1 amide bonds. The van der Waals surface area contributed by atoms with E-state index < -0.39 is 10.0 Å². The van der Waals surface area contributed by atoms with E-state index in [9.17, 15) is 13.2 Å². The minimum absolute atomic E-state index is 0. The average Bonchev–Trinajstić information content (AvgIpc) is 3.10. The molecule has 2 aromatic carbocycles. The summed E-state index contributed by atoms with van der Waals surface area (Å²) in [7, 11) is -3.30. The lowest BCUT2D eigenvalue weighted by molar-refractivity contribution is -0.127. The van der Waals surface area contributed by atoms with Crippen molar-refractivity contribution >= 4 is 34.0 Å². The summed E-state index contributed by atoms with van der Waals surface area (Å²) in [5, 5.41) is 3.29. The van der Waals surface area contributed by atoms with Gasteiger partial charge in [0.15, 0.2) is 0 Å². The van der Waals surface area contributed by atoms with Crippen molar-refractivity contribution in [1.29, 1.82) is 0 Å². The summed E-state index contributed by atoms with van der Waals surface area (Å²) in [5.41, 5.74) is 1.75. The molecular weight excluding hydrogens is 522 g/mol. The second-order valence-electron chi connectivity index (χ2n) is 11.1. The molecule has 5 rings (SSSR count). The van der Waals surface area contributed by atoms with E-state index in [1.807, 2.05) is 12.1 Å². The highest BCUT2D eigenvalue weighted by atomic mass is 35.5. The van der Waals surface area contributed by atoms with Gasteiger partial charge in [0.1, 0.15) is 11.5 Å². The Kier molecular flexibility index (Phi) is 9.60. The molecule has 1 aliphatic carbocycles. The second kappa shape index (κ2) is 12.7. The second-order valence-corrected chi connectivity index (χ2v) is 12.9. The summed E-state index contributed by atoms with van der Waals surface area (Å²) in [6.45, 7) is 1.77. The summed E-state index contributed by atoms with van der Waals surface area (Å²) in [6, 6.07) is 16.0. The van der Waals surface area contributed by atoms with Gasteiger partial charge in [0.05, 0.1) is 6.26 Å². The molecule has 7 nitrogen and oxygen atoms in total. The molecule has 0 radical (unpaired) electrons. The number of benzene rings is 2. The molecule has 208 valence electrons. The molecule has 2 heterocycles. The van der Waals surface area contributed by atoms with Crippen LogP contribution in [0.15, 0.2) is 48.5 Å². The van der Waals surface area contributed by atoms with Gasteiger partial charge in [0.2, 0.25) is 15.9 Å². The first kappa shape index (κ1) is 28.7. The molecule has 3 aliphatic rings. The standard InChI is InChI=1S/C29H39N3O4S.ClH/c1-37(34,35)31-24-9-15-28(16-10-24)36-27-13-7-22(8-14-27)20-32-25-11-12-26(32)18-23(17-25)29(33)30-19-21-5-3-2-4-6-21;/h7-10,13-16,21,23,25-26,31H,2-6,11-12,17-20H2,1H3,(H,30,33);1H. The number of piperidine rings is 1. The van der Waals surface area contributed by atoms with Gasteiger partial charge in [0.25, 0.3) is 0 Å². The van der Waals surface area contributed by atoms with Gasteiger partial charge in [-0.2, -0.15) is 0 Å². The first-order valence-corrected chi connectivity index (χ1v) is 15.6. The van der Waals surface area contributed by atoms with Crippen molar-refractivity contribution in [2.45, 2.75) is 76.4 Å². The summed E-state index contributed by atoms with van der Waals surface area (Å²) in [5.74, 6) is 2.51. The first-order valence-electron chi connectivity index (χ1n) is 13.7. The Bertz CT molecular complexity index is 1150. The summed E-state index contributed by atoms with van der Waals surface area (Å²) in [4.78, 5) is 15.5. The van der Waals surface area contributed by atoms with Gasteiger partial charge in [-0.05, 0) is 86.4 Å². The molecule has 0 aromatic heterocycles. The monoisotopic (exact) mass is 561 g/mol. The van der Waals surface area contributed by atoms with Crippen molar-refractivity contribution < 1.29 is 17.9 Å². The fraction of sp³-hybridized carbons (Fsp3) is 0.552. The number of anilines is 1. The fourth-order valence-corrected chi connectivity index (χ4v) is 6.91. The van der Waals surface area contributed by atoms with Crippen LogP contribution in [0.3, 0.4) is 0 Å². The lowest BCUT2D eigenvalue weighted by atomic mass is 9.87. The molecular formula is C29H40ClN3O4S. The Morgan fingerprint density at radius 3 is 2.05 bits per heavy atom. The van der Waals surface area contributed by atoms with Gasteiger partial charge in [-0.15, -0.1) is 12.4 Å². The van der Waals surface area contributed by atoms with Crippen LogP contribution >= 0.6 is 12.4 Å². The smallest absolute Gasteiger partial charge is 0.229 e. The van der Waals surface area contributed by atoms with Crippen molar-refractivity contribution in [3.63, 3.8) is 0 Å². The number of hydrogen-bond acceptors (Lipinski definition) is 5. The molecule has 9 heteroatoms. The van der Waals surface area contributed by atoms with Crippen LogP contribution in [0.5, 0.6) is 11.5 Å². The van der Waals surface area contributed by atoms with Crippen molar-refractivity contribution in [2.75, 3.05) is 17.5 Å². The molecule has 2 bridgehead atoms. The Labute approximate surface area is 233 Å². The van der Waals surface area contributed by atoms with E-state index in [1.54, 1.807) is 24.3 Å². The van der Waals surface area contributed by atoms with Crippen LogP contribution in [0.25, 0.3) is 0 Å². The third-order valence-corrected chi connectivity index (χ3v) is 8.83. The van der Waals surface area contributed by atoms with Crippen LogP contribution in [0.4, 0.5) is 5.69 Å². The fourth-order valence-electron chi connectivity index (χ4n) is 6.34. The van der Waals surface area contributed by atoms with E-state index >= 15 is 0 Å². The molecule has 2 N–H and O–H groups in total. The highest BCUT2D eigenvalue weighted by Crippen LogP contribution is 2.40. The number of halogens is 1. The molecule has 2 aliphatic heterocycles. The van der Waals surface area contributed by atoms with Gasteiger partial charge in [-0.25, -0.2) is 8.42 Å². The molecule has 3 fully saturated rings. The Morgan fingerprint density at radius 2 is 1.47 bits per heavy atom. The Morgan fingerprint density at radius 1 is 0.895 bits per heavy atom. The summed E-state index contributed by atoms with van der Waals surface area (Å²) < 4.78 is 31.1. The maximum Gasteiger partial charge on any atom is 0.229 e. The number of carbonyl (C=O) groups excluding carboxylic acids is 1. The van der Waals surface area contributed by atoms with Crippen molar-refractivity contribution in [1.82, 2.24) is 10.2 Å². The van der Waals surface area contributed by atoms with E-state index in [4.69, 9.17) is 4.74 Å². The highest BCUT2D eigenvalue weighted by molar-refractivity contribution is 7.92. The zero-order valence-corrected chi connectivity index (χ0v) is 23.7. The lowest BCUT2D eigenvalue weighted by Gasteiger charge is -2.38. The molecule has 0 spiro atoms. The Hall–Kier alpha value is -2.29. The number of amides is 1. The molecule has 1 saturated carbocycles. The third-order valence-electron chi connectivity index (χ3n) is 8.23. The van der Waals surface area contributed by atoms with Gasteiger partial charge in [-0.3, -0.25) is 14.4 Å². The minimum Gasteiger partial charge on any atom is -0.457 e. The molecule has 38 heavy (non-hydrogen) atoms. The molecule has 2 aromatic rings. The Balaban J connectivity index is 0.00000336. The molecule has 2 unspecified atom stereocenters. The average molecular weight is 562 g/mol. The van der Waals surface area contributed by atoms with Crippen LogP contribution in [-0.2, 0) is 21.4 Å². The third kappa shape index (κ3) is 7.64. The minimum atomic E-state index is -3.30. The van der Waals surface area contributed by atoms with E-state index in [0.717, 1.165) is 37.9 Å². The number of nitrogens with zero attached hydrogens (tertiary/aromatic N) is 1. The van der Waals surface area contributed by atoms with Crippen LogP contribution in [0, 0.1) is 11.8 Å². The van der Waals surface area contributed by atoms with Gasteiger partial charge in [-0.1, -0.05) is 31.4 Å². The summed E-state index contributed by atoms with van der Waals surface area (Å²) >= 11 is 0. The number of ether oxygens (including phenoxy) is 1. The number of nitrogens with one attached hydrogen (secondary N) is 2. The SMILES string of the molecule is CS(=O)(=O)Nc1ccc(Oc2ccc(CN3C4CCC3CC(C(=O)NCC3CCCCC3)C4)cc2)cc1.Cl. The number of hydrogen-bond donors (Lipinski definition) is 2. The van der Waals surface area contributed by atoms with E-state index in [2.05, 4.69) is 27.1 Å². The maximum absolute atomic E-state index is 12.9. The summed E-state index contributed by atoms with van der Waals surface area (Å²) in [6.07, 6.45) is 11.9. The zero-order valence-electron chi connectivity index (χ0n) is 22.1. The van der Waals surface area contributed by atoms with E-state index in [1.165, 1.54) is 50.5 Å². The molecule has 2 atom stereocenters. The van der Waals surface area contributed by atoms with Crippen LogP contribution in [-0.4, -0.2) is 44.1 Å². The predicted molar refractivity (Wildman–Crippen MR) is 153 cm³/mol. The van der Waals surface area contributed by atoms with Crippen LogP contribution in [0.2, 0.25) is 0 Å². The number of sulfonamides is 1. The van der Waals surface area contributed by atoms with Gasteiger partial charge >= 0.3 is 0 Å². The van der Waals surface area contributed by atoms with Crippen molar-refractivity contribution in [2.24, 2.45) is 11.8 Å². The quantitative estimate of drug-likeness (QED) is 0.409. The number of carbonyl (C=O) groups is 1. The van der Waals surface area contributed by atoms with E-state index in [0.29, 0.717) is 29.4 Å². The first-order chi connectivity index (χ1) is 17.8. The van der Waals surface area contributed by atoms with Gasteiger partial charge in [0, 0.05) is 36.8 Å². The number of fused-ring (bicyclic) bond motifs is 2. The normalized spacial score (nSPS) is 23.9. The van der Waals surface area contributed by atoms with Crippen molar-refractivity contribution in [3.05, 3.63) is 54.1 Å². The zero-order chi connectivity index (χ0) is 25.8.